The first kappa shape index (κ1) is 16.9. The maximum absolute atomic E-state index is 11.7. The Hall–Kier alpha value is -3.58. The van der Waals surface area contributed by atoms with E-state index in [2.05, 4.69) is 20.5 Å². The van der Waals surface area contributed by atoms with E-state index in [1.807, 2.05) is 30.3 Å². The van der Waals surface area contributed by atoms with E-state index in [4.69, 9.17) is 17.3 Å². The summed E-state index contributed by atoms with van der Waals surface area (Å²) in [5, 5.41) is 11.9. The van der Waals surface area contributed by atoms with Crippen LogP contribution in [0.3, 0.4) is 0 Å². The molecule has 132 valence electrons. The second-order valence-corrected chi connectivity index (χ2v) is 6.17. The van der Waals surface area contributed by atoms with Gasteiger partial charge < -0.3 is 5.73 Å². The first-order valence-corrected chi connectivity index (χ1v) is 8.40. The SMILES string of the molecule is NC(=O)c1ccc(-n2cnnn2)c(-c2ccc(Cl)c(-c3ccccn3)c2)c1. The zero-order valence-electron chi connectivity index (χ0n) is 14.0. The zero-order valence-corrected chi connectivity index (χ0v) is 14.7. The summed E-state index contributed by atoms with van der Waals surface area (Å²) in [5.41, 5.74) is 9.65. The average molecular weight is 377 g/mol. The fourth-order valence-corrected chi connectivity index (χ4v) is 3.02. The molecule has 27 heavy (non-hydrogen) atoms. The number of benzene rings is 2. The minimum absolute atomic E-state index is 0.385. The molecule has 8 heteroatoms. The highest BCUT2D eigenvalue weighted by atomic mass is 35.5. The molecular formula is C19H13ClN6O. The van der Waals surface area contributed by atoms with Crippen molar-refractivity contribution in [1.82, 2.24) is 25.2 Å². The summed E-state index contributed by atoms with van der Waals surface area (Å²) in [5.74, 6) is -0.515. The van der Waals surface area contributed by atoms with Crippen molar-refractivity contribution in [3.63, 3.8) is 0 Å². The van der Waals surface area contributed by atoms with Crippen LogP contribution in [0, 0.1) is 0 Å². The van der Waals surface area contributed by atoms with E-state index in [-0.39, 0.29) is 0 Å². The number of nitrogens with two attached hydrogens (primary N) is 1. The van der Waals surface area contributed by atoms with Gasteiger partial charge in [0.1, 0.15) is 6.33 Å². The van der Waals surface area contributed by atoms with E-state index in [0.29, 0.717) is 16.3 Å². The van der Waals surface area contributed by atoms with Gasteiger partial charge in [-0.3, -0.25) is 9.78 Å². The number of hydrogen-bond acceptors (Lipinski definition) is 5. The van der Waals surface area contributed by atoms with Gasteiger partial charge >= 0.3 is 0 Å². The van der Waals surface area contributed by atoms with E-state index in [0.717, 1.165) is 22.4 Å². The predicted octanol–water partition coefficient (Wildman–Crippen LogP) is 3.14. The molecule has 2 aromatic heterocycles. The smallest absolute Gasteiger partial charge is 0.248 e. The number of carbonyl (C=O) groups excluding carboxylic acids is 1. The number of tetrazole rings is 1. The van der Waals surface area contributed by atoms with Crippen molar-refractivity contribution >= 4 is 17.5 Å². The third-order valence-electron chi connectivity index (χ3n) is 4.10. The van der Waals surface area contributed by atoms with Crippen LogP contribution < -0.4 is 5.73 Å². The molecule has 0 aliphatic rings. The lowest BCUT2D eigenvalue weighted by Crippen LogP contribution is -2.11. The number of carbonyl (C=O) groups is 1. The minimum Gasteiger partial charge on any atom is -0.366 e. The molecule has 0 saturated heterocycles. The molecule has 4 rings (SSSR count). The maximum atomic E-state index is 11.7. The largest absolute Gasteiger partial charge is 0.366 e. The van der Waals surface area contributed by atoms with Crippen molar-refractivity contribution in [2.45, 2.75) is 0 Å². The van der Waals surface area contributed by atoms with Gasteiger partial charge in [-0.25, -0.2) is 0 Å². The van der Waals surface area contributed by atoms with Crippen molar-refractivity contribution in [3.8, 4) is 28.1 Å². The lowest BCUT2D eigenvalue weighted by molar-refractivity contribution is 0.100. The van der Waals surface area contributed by atoms with Crippen LogP contribution >= 0.6 is 11.6 Å². The number of hydrogen-bond donors (Lipinski definition) is 1. The molecule has 1 amide bonds. The molecule has 0 atom stereocenters. The summed E-state index contributed by atoms with van der Waals surface area (Å²) >= 11 is 6.39. The normalized spacial score (nSPS) is 10.7. The second-order valence-electron chi connectivity index (χ2n) is 5.76. The van der Waals surface area contributed by atoms with Gasteiger partial charge in [0.25, 0.3) is 0 Å². The lowest BCUT2D eigenvalue weighted by Gasteiger charge is -2.12. The van der Waals surface area contributed by atoms with Crippen LogP contribution in [0.25, 0.3) is 28.1 Å². The van der Waals surface area contributed by atoms with Crippen molar-refractivity contribution < 1.29 is 4.79 Å². The Kier molecular flexibility index (Phi) is 4.35. The van der Waals surface area contributed by atoms with Gasteiger partial charge in [0, 0.05) is 27.9 Å². The van der Waals surface area contributed by atoms with E-state index in [9.17, 15) is 4.79 Å². The zero-order chi connectivity index (χ0) is 18.8. The molecule has 0 aliphatic carbocycles. The number of pyridine rings is 1. The summed E-state index contributed by atoms with van der Waals surface area (Å²) in [6.45, 7) is 0. The average Bonchev–Trinajstić information content (AvgIpc) is 3.23. The Morgan fingerprint density at radius 1 is 1.04 bits per heavy atom. The van der Waals surface area contributed by atoms with Crippen LogP contribution in [-0.4, -0.2) is 31.1 Å². The fourth-order valence-electron chi connectivity index (χ4n) is 2.80. The van der Waals surface area contributed by atoms with E-state index < -0.39 is 5.91 Å². The molecule has 2 heterocycles. The van der Waals surface area contributed by atoms with Gasteiger partial charge in [-0.1, -0.05) is 23.7 Å². The van der Waals surface area contributed by atoms with Gasteiger partial charge in [0.05, 0.1) is 11.4 Å². The lowest BCUT2D eigenvalue weighted by atomic mass is 9.98. The summed E-state index contributed by atoms with van der Waals surface area (Å²) in [4.78, 5) is 16.0. The second kappa shape index (κ2) is 6.97. The molecule has 2 N–H and O–H groups in total. The van der Waals surface area contributed by atoms with Crippen LogP contribution in [0.4, 0.5) is 0 Å². The molecule has 2 aromatic carbocycles. The van der Waals surface area contributed by atoms with Crippen molar-refractivity contribution in [1.29, 1.82) is 0 Å². The fraction of sp³-hybridized carbons (Fsp3) is 0. The number of amides is 1. The highest BCUT2D eigenvalue weighted by Crippen LogP contribution is 2.34. The van der Waals surface area contributed by atoms with E-state index >= 15 is 0 Å². The molecule has 0 bridgehead atoms. The summed E-state index contributed by atoms with van der Waals surface area (Å²) in [6, 6.07) is 16.3. The Morgan fingerprint density at radius 3 is 2.63 bits per heavy atom. The third kappa shape index (κ3) is 3.28. The third-order valence-corrected chi connectivity index (χ3v) is 4.42. The Balaban J connectivity index is 1.93. The highest BCUT2D eigenvalue weighted by Gasteiger charge is 2.14. The van der Waals surface area contributed by atoms with Gasteiger partial charge in [0.2, 0.25) is 5.91 Å². The molecule has 0 fully saturated rings. The topological polar surface area (TPSA) is 99.6 Å². The number of rotatable bonds is 4. The van der Waals surface area contributed by atoms with E-state index in [1.165, 1.54) is 11.0 Å². The molecule has 0 radical (unpaired) electrons. The standard InChI is InChI=1S/C19H13ClN6O/c20-16-6-4-12(9-15(16)17-3-1-2-8-22-17)14-10-13(19(21)27)5-7-18(14)26-11-23-24-25-26/h1-11H,(H2,21,27). The monoisotopic (exact) mass is 376 g/mol. The summed E-state index contributed by atoms with van der Waals surface area (Å²) in [6.07, 6.45) is 3.19. The van der Waals surface area contributed by atoms with Gasteiger partial charge in [-0.2, -0.15) is 4.68 Å². The molecule has 0 aliphatic heterocycles. The van der Waals surface area contributed by atoms with Crippen LogP contribution in [0.15, 0.2) is 67.1 Å². The minimum atomic E-state index is -0.515. The van der Waals surface area contributed by atoms with Gasteiger partial charge in [-0.05, 0) is 58.5 Å². The van der Waals surface area contributed by atoms with Crippen molar-refractivity contribution in [2.75, 3.05) is 0 Å². The Morgan fingerprint density at radius 2 is 1.93 bits per heavy atom. The molecule has 0 unspecified atom stereocenters. The van der Waals surface area contributed by atoms with Crippen molar-refractivity contribution in [2.24, 2.45) is 5.73 Å². The van der Waals surface area contributed by atoms with Crippen LogP contribution in [0.1, 0.15) is 10.4 Å². The molecule has 0 saturated carbocycles. The Bertz CT molecular complexity index is 1110. The molecule has 4 aromatic rings. The maximum Gasteiger partial charge on any atom is 0.248 e. The van der Waals surface area contributed by atoms with Crippen LogP contribution in [0.5, 0.6) is 0 Å². The summed E-state index contributed by atoms with van der Waals surface area (Å²) in [7, 11) is 0. The molecular weight excluding hydrogens is 364 g/mol. The molecule has 0 spiro atoms. The number of primary amides is 1. The van der Waals surface area contributed by atoms with Crippen LogP contribution in [-0.2, 0) is 0 Å². The van der Waals surface area contributed by atoms with Crippen LogP contribution in [0.2, 0.25) is 5.02 Å². The van der Waals surface area contributed by atoms with Crippen molar-refractivity contribution in [3.05, 3.63) is 77.7 Å². The first-order valence-electron chi connectivity index (χ1n) is 8.02. The van der Waals surface area contributed by atoms with Gasteiger partial charge in [0.15, 0.2) is 0 Å². The van der Waals surface area contributed by atoms with Gasteiger partial charge in [-0.15, -0.1) is 5.10 Å². The van der Waals surface area contributed by atoms with E-state index in [1.54, 1.807) is 30.5 Å². The number of nitrogens with zero attached hydrogens (tertiary/aromatic N) is 5. The Labute approximate surface area is 159 Å². The molecule has 7 nitrogen and oxygen atoms in total. The first-order chi connectivity index (χ1) is 13.1. The quantitative estimate of drug-likeness (QED) is 0.589. The number of aromatic nitrogens is 5. The predicted molar refractivity (Wildman–Crippen MR) is 101 cm³/mol. The highest BCUT2D eigenvalue weighted by molar-refractivity contribution is 6.33. The number of halogens is 1. The summed E-state index contributed by atoms with van der Waals surface area (Å²) < 4.78 is 1.52.